The fourth-order valence-electron chi connectivity index (χ4n) is 0.742. The number of rotatable bonds is 5. The van der Waals surface area contributed by atoms with Gasteiger partial charge in [0.2, 0.25) is 0 Å². The smallest absolute Gasteiger partial charge is 0.308 e. The van der Waals surface area contributed by atoms with E-state index in [0.29, 0.717) is 0 Å². The molecule has 0 aromatic carbocycles. The van der Waals surface area contributed by atoms with Gasteiger partial charge in [0.05, 0.1) is 19.6 Å². The van der Waals surface area contributed by atoms with Gasteiger partial charge in [0.15, 0.2) is 0 Å². The van der Waals surface area contributed by atoms with E-state index in [4.69, 9.17) is 0 Å². The predicted octanol–water partition coefficient (Wildman–Crippen LogP) is 1.27. The third-order valence-electron chi connectivity index (χ3n) is 1.42. The van der Waals surface area contributed by atoms with E-state index in [1.807, 2.05) is 6.08 Å². The minimum absolute atomic E-state index is 0.0384. The zero-order valence-corrected chi connectivity index (χ0v) is 7.62. The number of aliphatic hydroxyl groups is 1. The lowest BCUT2D eigenvalue weighted by atomic mass is 10.2. The van der Waals surface area contributed by atoms with Crippen molar-refractivity contribution in [2.75, 3.05) is 7.11 Å². The fraction of sp³-hybridized carbons (Fsp3) is 0.667. The first kappa shape index (κ1) is 11.2. The number of carbonyl (C=O) groups is 1. The number of hydrogen-bond acceptors (Lipinski definition) is 3. The fourth-order valence-corrected chi connectivity index (χ4v) is 0.742. The highest BCUT2D eigenvalue weighted by Crippen LogP contribution is 1.97. The summed E-state index contributed by atoms with van der Waals surface area (Å²) >= 11 is 0. The van der Waals surface area contributed by atoms with E-state index < -0.39 is 6.10 Å². The minimum atomic E-state index is -0.705. The van der Waals surface area contributed by atoms with Crippen LogP contribution in [0.1, 0.15) is 26.2 Å². The van der Waals surface area contributed by atoms with Crippen molar-refractivity contribution in [3.8, 4) is 0 Å². The van der Waals surface area contributed by atoms with Crippen LogP contribution in [0.4, 0.5) is 0 Å². The summed E-state index contributed by atoms with van der Waals surface area (Å²) in [5.41, 5.74) is 0. The summed E-state index contributed by atoms with van der Waals surface area (Å²) < 4.78 is 4.39. The summed E-state index contributed by atoms with van der Waals surface area (Å²) in [5.74, 6) is -0.386. The van der Waals surface area contributed by atoms with Gasteiger partial charge in [-0.2, -0.15) is 0 Å². The highest BCUT2D eigenvalue weighted by Gasteiger charge is 2.06. The highest BCUT2D eigenvalue weighted by molar-refractivity contribution is 5.70. The van der Waals surface area contributed by atoms with Crippen LogP contribution < -0.4 is 0 Å². The number of allylic oxidation sites excluding steroid dienone is 1. The maximum absolute atomic E-state index is 10.6. The van der Waals surface area contributed by atoms with Crippen LogP contribution in [0.25, 0.3) is 0 Å². The molecule has 0 rings (SSSR count). The molecule has 0 radical (unpaired) electrons. The molecule has 0 heterocycles. The summed E-state index contributed by atoms with van der Waals surface area (Å²) in [4.78, 5) is 10.6. The van der Waals surface area contributed by atoms with Crippen molar-refractivity contribution < 1.29 is 14.6 Å². The molecule has 0 saturated heterocycles. The van der Waals surface area contributed by atoms with Crippen molar-refractivity contribution in [2.24, 2.45) is 0 Å². The predicted molar refractivity (Wildman–Crippen MR) is 46.7 cm³/mol. The molecule has 0 aliphatic rings. The van der Waals surface area contributed by atoms with Crippen LogP contribution in [0.15, 0.2) is 12.2 Å². The second kappa shape index (κ2) is 6.85. The third kappa shape index (κ3) is 5.92. The van der Waals surface area contributed by atoms with Crippen molar-refractivity contribution in [2.45, 2.75) is 32.3 Å². The Morgan fingerprint density at radius 3 is 2.83 bits per heavy atom. The minimum Gasteiger partial charge on any atom is -0.469 e. The Labute approximate surface area is 73.0 Å². The van der Waals surface area contributed by atoms with Crippen LogP contribution in [0.2, 0.25) is 0 Å². The second-order valence-electron chi connectivity index (χ2n) is 2.56. The van der Waals surface area contributed by atoms with Crippen molar-refractivity contribution in [1.29, 1.82) is 0 Å². The van der Waals surface area contributed by atoms with E-state index in [-0.39, 0.29) is 12.4 Å². The molecular weight excluding hydrogens is 156 g/mol. The Morgan fingerprint density at radius 2 is 2.33 bits per heavy atom. The summed E-state index contributed by atoms with van der Waals surface area (Å²) in [6.07, 6.45) is 4.80. The van der Waals surface area contributed by atoms with Gasteiger partial charge in [-0.05, 0) is 6.42 Å². The van der Waals surface area contributed by atoms with Gasteiger partial charge in [-0.1, -0.05) is 25.5 Å². The Kier molecular flexibility index (Phi) is 6.38. The number of unbranched alkanes of at least 4 members (excludes halogenated alkanes) is 1. The lowest BCUT2D eigenvalue weighted by Crippen LogP contribution is -2.11. The van der Waals surface area contributed by atoms with Crippen LogP contribution in [-0.4, -0.2) is 24.3 Å². The van der Waals surface area contributed by atoms with Crippen LogP contribution in [0, 0.1) is 0 Å². The molecule has 0 amide bonds. The molecule has 0 saturated carbocycles. The number of esters is 1. The Balaban J connectivity index is 3.58. The zero-order valence-electron chi connectivity index (χ0n) is 7.62. The molecule has 3 nitrogen and oxygen atoms in total. The summed E-state index contributed by atoms with van der Waals surface area (Å²) in [5, 5.41) is 9.19. The summed E-state index contributed by atoms with van der Waals surface area (Å²) in [7, 11) is 1.31. The second-order valence-corrected chi connectivity index (χ2v) is 2.56. The van der Waals surface area contributed by atoms with Gasteiger partial charge in [-0.25, -0.2) is 0 Å². The van der Waals surface area contributed by atoms with Gasteiger partial charge in [-0.3, -0.25) is 4.79 Å². The first-order chi connectivity index (χ1) is 5.70. The van der Waals surface area contributed by atoms with Gasteiger partial charge in [0.25, 0.3) is 0 Å². The Hall–Kier alpha value is -0.830. The van der Waals surface area contributed by atoms with Gasteiger partial charge >= 0.3 is 5.97 Å². The number of hydrogen-bond donors (Lipinski definition) is 1. The molecule has 1 N–H and O–H groups in total. The van der Waals surface area contributed by atoms with E-state index in [0.717, 1.165) is 12.8 Å². The van der Waals surface area contributed by atoms with Crippen molar-refractivity contribution in [3.63, 3.8) is 0 Å². The molecule has 1 unspecified atom stereocenters. The Morgan fingerprint density at radius 1 is 1.67 bits per heavy atom. The number of carbonyl (C=O) groups excluding carboxylic acids is 1. The molecule has 0 aliphatic carbocycles. The van der Waals surface area contributed by atoms with Crippen molar-refractivity contribution in [1.82, 2.24) is 0 Å². The lowest BCUT2D eigenvalue weighted by molar-refractivity contribution is -0.142. The van der Waals surface area contributed by atoms with E-state index in [2.05, 4.69) is 11.7 Å². The molecule has 0 aliphatic heterocycles. The average molecular weight is 172 g/mol. The standard InChI is InChI=1S/C9H16O3/c1-3-4-5-6-8(10)7-9(11)12-2/h5-6,8,10H,3-4,7H2,1-2H3/b6-5-. The van der Waals surface area contributed by atoms with Gasteiger partial charge in [0, 0.05) is 0 Å². The molecular formula is C9H16O3. The summed E-state index contributed by atoms with van der Waals surface area (Å²) in [6, 6.07) is 0. The number of ether oxygens (including phenoxy) is 1. The van der Waals surface area contributed by atoms with Gasteiger partial charge in [-0.15, -0.1) is 0 Å². The molecule has 12 heavy (non-hydrogen) atoms. The molecule has 70 valence electrons. The first-order valence-corrected chi connectivity index (χ1v) is 4.12. The molecule has 0 aromatic heterocycles. The van der Waals surface area contributed by atoms with Crippen LogP contribution in [-0.2, 0) is 9.53 Å². The van der Waals surface area contributed by atoms with Crippen molar-refractivity contribution in [3.05, 3.63) is 12.2 Å². The Bertz CT molecular complexity index is 152. The molecule has 0 fully saturated rings. The molecule has 0 spiro atoms. The van der Waals surface area contributed by atoms with Gasteiger partial charge in [0.1, 0.15) is 0 Å². The average Bonchev–Trinajstić information content (AvgIpc) is 2.05. The molecule has 0 aromatic rings. The van der Waals surface area contributed by atoms with Crippen LogP contribution >= 0.6 is 0 Å². The zero-order chi connectivity index (χ0) is 9.40. The highest BCUT2D eigenvalue weighted by atomic mass is 16.5. The molecule has 0 bridgehead atoms. The molecule has 3 heteroatoms. The maximum Gasteiger partial charge on any atom is 0.308 e. The van der Waals surface area contributed by atoms with Crippen molar-refractivity contribution >= 4 is 5.97 Å². The topological polar surface area (TPSA) is 46.5 Å². The van der Waals surface area contributed by atoms with Gasteiger partial charge < -0.3 is 9.84 Å². The number of aliphatic hydroxyl groups excluding tert-OH is 1. The largest absolute Gasteiger partial charge is 0.469 e. The van der Waals surface area contributed by atoms with Crippen LogP contribution in [0.3, 0.4) is 0 Å². The number of methoxy groups -OCH3 is 1. The third-order valence-corrected chi connectivity index (χ3v) is 1.42. The lowest BCUT2D eigenvalue weighted by Gasteiger charge is -2.02. The quantitative estimate of drug-likeness (QED) is 0.501. The van der Waals surface area contributed by atoms with Crippen LogP contribution in [0.5, 0.6) is 0 Å². The normalized spacial score (nSPS) is 13.2. The SMILES string of the molecule is CCC/C=C\C(O)CC(=O)OC. The first-order valence-electron chi connectivity index (χ1n) is 4.12. The van der Waals surface area contributed by atoms with E-state index >= 15 is 0 Å². The van der Waals surface area contributed by atoms with E-state index in [1.165, 1.54) is 7.11 Å². The monoisotopic (exact) mass is 172 g/mol. The maximum atomic E-state index is 10.6. The molecule has 1 atom stereocenters. The van der Waals surface area contributed by atoms with E-state index in [1.54, 1.807) is 6.08 Å². The van der Waals surface area contributed by atoms with E-state index in [9.17, 15) is 9.90 Å². The summed E-state index contributed by atoms with van der Waals surface area (Å²) in [6.45, 7) is 2.05.